The van der Waals surface area contributed by atoms with Gasteiger partial charge in [-0.25, -0.2) is 0 Å². The van der Waals surface area contributed by atoms with E-state index < -0.39 is 0 Å². The van der Waals surface area contributed by atoms with Gasteiger partial charge in [-0.2, -0.15) is 5.10 Å². The number of hydrogen-bond acceptors (Lipinski definition) is 3. The topological polar surface area (TPSA) is 72.9 Å². The van der Waals surface area contributed by atoms with E-state index in [0.717, 1.165) is 25.7 Å². The van der Waals surface area contributed by atoms with Crippen molar-refractivity contribution >= 4 is 5.91 Å². The number of aromatic nitrogens is 2. The third kappa shape index (κ3) is 2.09. The van der Waals surface area contributed by atoms with Crippen LogP contribution in [0, 0.1) is 0 Å². The fourth-order valence-electron chi connectivity index (χ4n) is 2.28. The van der Waals surface area contributed by atoms with Crippen molar-refractivity contribution in [3.8, 4) is 0 Å². The molecular weight excluding hydrogens is 204 g/mol. The third-order valence-electron chi connectivity index (χ3n) is 3.30. The van der Waals surface area contributed by atoms with Gasteiger partial charge in [-0.1, -0.05) is 12.8 Å². The molecule has 5 heteroatoms. The fraction of sp³-hybridized carbons (Fsp3) is 0.636. The van der Waals surface area contributed by atoms with Crippen LogP contribution in [0.5, 0.6) is 0 Å². The molecule has 1 aliphatic rings. The number of hydrogen-bond donors (Lipinski definition) is 2. The van der Waals surface area contributed by atoms with E-state index >= 15 is 0 Å². The van der Waals surface area contributed by atoms with E-state index in [-0.39, 0.29) is 11.4 Å². The zero-order chi connectivity index (χ0) is 11.6. The zero-order valence-electron chi connectivity index (χ0n) is 9.57. The van der Waals surface area contributed by atoms with E-state index in [4.69, 9.17) is 5.73 Å². The molecule has 1 aromatic heterocycles. The van der Waals surface area contributed by atoms with E-state index in [0.29, 0.717) is 12.1 Å². The molecule has 0 unspecified atom stereocenters. The van der Waals surface area contributed by atoms with Crippen LogP contribution in [0.25, 0.3) is 0 Å². The first kappa shape index (κ1) is 11.1. The van der Waals surface area contributed by atoms with Crippen molar-refractivity contribution in [1.29, 1.82) is 0 Å². The number of nitrogens with one attached hydrogen (secondary N) is 1. The predicted molar refractivity (Wildman–Crippen MR) is 60.9 cm³/mol. The van der Waals surface area contributed by atoms with E-state index in [1.807, 2.05) is 0 Å². The summed E-state index contributed by atoms with van der Waals surface area (Å²) in [5.41, 5.74) is 6.18. The van der Waals surface area contributed by atoms with Crippen molar-refractivity contribution < 1.29 is 4.79 Å². The summed E-state index contributed by atoms with van der Waals surface area (Å²) in [5, 5.41) is 7.04. The maximum atomic E-state index is 12.0. The molecule has 3 N–H and O–H groups in total. The summed E-state index contributed by atoms with van der Waals surface area (Å²) in [6.45, 7) is 0.513. The van der Waals surface area contributed by atoms with Crippen molar-refractivity contribution in [3.05, 3.63) is 18.0 Å². The van der Waals surface area contributed by atoms with Crippen molar-refractivity contribution in [2.45, 2.75) is 31.2 Å². The van der Waals surface area contributed by atoms with Crippen LogP contribution < -0.4 is 11.1 Å². The molecule has 2 rings (SSSR count). The van der Waals surface area contributed by atoms with Gasteiger partial charge < -0.3 is 11.1 Å². The number of nitrogens with two attached hydrogens (primary N) is 1. The molecule has 1 fully saturated rings. The van der Waals surface area contributed by atoms with E-state index in [1.54, 1.807) is 24.1 Å². The zero-order valence-corrected chi connectivity index (χ0v) is 9.57. The van der Waals surface area contributed by atoms with Crippen LogP contribution in [0.2, 0.25) is 0 Å². The minimum atomic E-state index is -0.188. The largest absolute Gasteiger partial charge is 0.345 e. The van der Waals surface area contributed by atoms with Crippen LogP contribution in [-0.2, 0) is 7.05 Å². The average molecular weight is 222 g/mol. The molecule has 0 spiro atoms. The van der Waals surface area contributed by atoms with Gasteiger partial charge in [0, 0.05) is 19.8 Å². The maximum Gasteiger partial charge on any atom is 0.254 e. The van der Waals surface area contributed by atoms with Gasteiger partial charge in [-0.15, -0.1) is 0 Å². The minimum absolute atomic E-state index is 0.0690. The highest BCUT2D eigenvalue weighted by Gasteiger charge is 2.34. The molecular formula is C11H18N4O. The summed E-state index contributed by atoms with van der Waals surface area (Å²) in [6, 6.07) is 0. The average Bonchev–Trinajstić information content (AvgIpc) is 2.88. The molecule has 0 aliphatic heterocycles. The first-order valence-electron chi connectivity index (χ1n) is 5.66. The highest BCUT2D eigenvalue weighted by Crippen LogP contribution is 2.28. The molecule has 1 saturated carbocycles. The van der Waals surface area contributed by atoms with Gasteiger partial charge in [0.05, 0.1) is 17.3 Å². The van der Waals surface area contributed by atoms with Gasteiger partial charge in [-0.3, -0.25) is 9.48 Å². The summed E-state index contributed by atoms with van der Waals surface area (Å²) in [5.74, 6) is -0.0690. The van der Waals surface area contributed by atoms with E-state index in [9.17, 15) is 4.79 Å². The lowest BCUT2D eigenvalue weighted by molar-refractivity contribution is 0.0903. The number of carbonyl (C=O) groups excluding carboxylic acids is 1. The van der Waals surface area contributed by atoms with Gasteiger partial charge in [0.1, 0.15) is 0 Å². The summed E-state index contributed by atoms with van der Waals surface area (Å²) in [4.78, 5) is 12.0. The highest BCUT2D eigenvalue weighted by atomic mass is 16.1. The second-order valence-electron chi connectivity index (χ2n) is 4.55. The number of aryl methyl sites for hydroxylation is 1. The lowest BCUT2D eigenvalue weighted by Crippen LogP contribution is -2.51. The summed E-state index contributed by atoms with van der Waals surface area (Å²) >= 11 is 0. The van der Waals surface area contributed by atoms with Crippen LogP contribution >= 0.6 is 0 Å². The molecule has 0 saturated heterocycles. The molecule has 1 aliphatic carbocycles. The predicted octanol–water partition coefficient (Wildman–Crippen LogP) is 0.421. The van der Waals surface area contributed by atoms with Crippen molar-refractivity contribution in [2.24, 2.45) is 12.8 Å². The van der Waals surface area contributed by atoms with Gasteiger partial charge in [0.25, 0.3) is 5.91 Å². The molecule has 0 radical (unpaired) electrons. The Bertz CT molecular complexity index is 379. The Kier molecular flexibility index (Phi) is 2.96. The first-order valence-corrected chi connectivity index (χ1v) is 5.66. The van der Waals surface area contributed by atoms with Crippen molar-refractivity contribution in [2.75, 3.05) is 6.54 Å². The van der Waals surface area contributed by atoms with E-state index in [1.165, 1.54) is 0 Å². The molecule has 16 heavy (non-hydrogen) atoms. The summed E-state index contributed by atoms with van der Waals surface area (Å²) in [6.07, 6.45) is 7.54. The van der Waals surface area contributed by atoms with Gasteiger partial charge in [0.2, 0.25) is 0 Å². The molecule has 0 bridgehead atoms. The lowest BCUT2D eigenvalue weighted by Gasteiger charge is -2.28. The Morgan fingerprint density at radius 3 is 2.81 bits per heavy atom. The van der Waals surface area contributed by atoms with E-state index in [2.05, 4.69) is 10.4 Å². The quantitative estimate of drug-likeness (QED) is 0.778. The molecule has 1 aromatic rings. The van der Waals surface area contributed by atoms with Crippen LogP contribution in [-0.4, -0.2) is 27.8 Å². The second-order valence-corrected chi connectivity index (χ2v) is 4.55. The maximum absolute atomic E-state index is 12.0. The lowest BCUT2D eigenvalue weighted by atomic mass is 9.97. The van der Waals surface area contributed by atoms with Crippen LogP contribution in [0.1, 0.15) is 36.0 Å². The molecule has 0 aromatic carbocycles. The standard InChI is InChI=1S/C11H18N4O/c1-15-7-9(6-13-15)10(16)14-11(8-12)4-2-3-5-11/h6-7H,2-5,8,12H2,1H3,(H,14,16). The van der Waals surface area contributed by atoms with Crippen LogP contribution in [0.3, 0.4) is 0 Å². The number of carbonyl (C=O) groups is 1. The van der Waals surface area contributed by atoms with Crippen LogP contribution in [0.4, 0.5) is 0 Å². The fourth-order valence-corrected chi connectivity index (χ4v) is 2.28. The minimum Gasteiger partial charge on any atom is -0.345 e. The number of nitrogens with zero attached hydrogens (tertiary/aromatic N) is 2. The smallest absolute Gasteiger partial charge is 0.254 e. The number of amides is 1. The van der Waals surface area contributed by atoms with Crippen molar-refractivity contribution in [3.63, 3.8) is 0 Å². The molecule has 0 atom stereocenters. The molecule has 5 nitrogen and oxygen atoms in total. The van der Waals surface area contributed by atoms with Crippen molar-refractivity contribution in [1.82, 2.24) is 15.1 Å². The normalized spacial score (nSPS) is 18.6. The third-order valence-corrected chi connectivity index (χ3v) is 3.30. The molecule has 1 heterocycles. The van der Waals surface area contributed by atoms with Gasteiger partial charge >= 0.3 is 0 Å². The number of rotatable bonds is 3. The highest BCUT2D eigenvalue weighted by molar-refractivity contribution is 5.94. The van der Waals surface area contributed by atoms with Gasteiger partial charge in [0.15, 0.2) is 0 Å². The Balaban J connectivity index is 2.06. The Labute approximate surface area is 95.0 Å². The Morgan fingerprint density at radius 1 is 1.62 bits per heavy atom. The second kappa shape index (κ2) is 4.25. The first-order chi connectivity index (χ1) is 7.65. The summed E-state index contributed by atoms with van der Waals surface area (Å²) < 4.78 is 1.62. The monoisotopic (exact) mass is 222 g/mol. The molecule has 88 valence electrons. The summed E-state index contributed by atoms with van der Waals surface area (Å²) in [7, 11) is 1.80. The Morgan fingerprint density at radius 2 is 2.31 bits per heavy atom. The molecule has 1 amide bonds. The SMILES string of the molecule is Cn1cc(C(=O)NC2(CN)CCCC2)cn1. The Hall–Kier alpha value is -1.36. The van der Waals surface area contributed by atoms with Crippen LogP contribution in [0.15, 0.2) is 12.4 Å². The van der Waals surface area contributed by atoms with Gasteiger partial charge in [-0.05, 0) is 12.8 Å².